The SMILES string of the molecule is Cc1cc(C)c(OC(=O)N(Cc2cc(Cl)ccc2C)c2ccnc(Nc3ccc(OCCN4CCN(C(C)C)CC4)c(F)c3)n2)c(C)c1. The van der Waals surface area contributed by atoms with Gasteiger partial charge in [-0.15, -0.1) is 0 Å². The average molecular weight is 675 g/mol. The molecule has 9 nitrogen and oxygen atoms in total. The van der Waals surface area contributed by atoms with E-state index in [2.05, 4.69) is 38.9 Å². The maximum Gasteiger partial charge on any atom is 0.421 e. The average Bonchev–Trinajstić information content (AvgIpc) is 3.04. The van der Waals surface area contributed by atoms with Crippen LogP contribution in [0.2, 0.25) is 5.02 Å². The molecule has 1 saturated heterocycles. The van der Waals surface area contributed by atoms with Crippen molar-refractivity contribution in [3.63, 3.8) is 0 Å². The van der Waals surface area contributed by atoms with E-state index in [1.54, 1.807) is 24.3 Å². The van der Waals surface area contributed by atoms with Crippen LogP contribution in [0.5, 0.6) is 11.5 Å². The highest BCUT2D eigenvalue weighted by Gasteiger charge is 2.24. The molecule has 1 N–H and O–H groups in total. The number of ether oxygens (including phenoxy) is 2. The molecule has 0 radical (unpaired) electrons. The molecule has 1 fully saturated rings. The van der Waals surface area contributed by atoms with Gasteiger partial charge in [0.05, 0.1) is 6.54 Å². The predicted octanol–water partition coefficient (Wildman–Crippen LogP) is 7.86. The number of piperazine rings is 1. The molecule has 1 aliphatic rings. The molecule has 0 atom stereocenters. The maximum absolute atomic E-state index is 15.1. The van der Waals surface area contributed by atoms with Crippen molar-refractivity contribution < 1.29 is 18.7 Å². The van der Waals surface area contributed by atoms with E-state index < -0.39 is 11.9 Å². The van der Waals surface area contributed by atoms with E-state index in [4.69, 9.17) is 21.1 Å². The number of amides is 1. The number of aromatic nitrogens is 2. The third kappa shape index (κ3) is 9.00. The number of halogens is 2. The van der Waals surface area contributed by atoms with Gasteiger partial charge in [-0.1, -0.05) is 35.4 Å². The topological polar surface area (TPSA) is 83.1 Å². The quantitative estimate of drug-likeness (QED) is 0.172. The van der Waals surface area contributed by atoms with Crippen LogP contribution in [0.3, 0.4) is 0 Å². The molecule has 4 aromatic rings. The van der Waals surface area contributed by atoms with Gasteiger partial charge in [-0.3, -0.25) is 14.7 Å². The van der Waals surface area contributed by atoms with E-state index in [1.165, 1.54) is 17.2 Å². The smallest absolute Gasteiger partial charge is 0.421 e. The maximum atomic E-state index is 15.1. The van der Waals surface area contributed by atoms with Crippen LogP contribution in [0, 0.1) is 33.5 Å². The van der Waals surface area contributed by atoms with Gasteiger partial charge in [0.2, 0.25) is 5.95 Å². The fraction of sp³-hybridized carbons (Fsp3) is 0.378. The third-order valence-electron chi connectivity index (χ3n) is 8.56. The summed E-state index contributed by atoms with van der Waals surface area (Å²) < 4.78 is 26.8. The first-order valence-corrected chi connectivity index (χ1v) is 16.7. The predicted molar refractivity (Wildman–Crippen MR) is 189 cm³/mol. The molecule has 0 bridgehead atoms. The molecule has 1 aliphatic heterocycles. The fourth-order valence-electron chi connectivity index (χ4n) is 5.86. The zero-order chi connectivity index (χ0) is 34.4. The minimum atomic E-state index is -0.608. The van der Waals surface area contributed by atoms with Crippen LogP contribution in [0.1, 0.15) is 41.7 Å². The second-order valence-electron chi connectivity index (χ2n) is 12.6. The van der Waals surface area contributed by atoms with Crippen LogP contribution in [-0.2, 0) is 6.54 Å². The van der Waals surface area contributed by atoms with Gasteiger partial charge in [-0.2, -0.15) is 4.98 Å². The fourth-order valence-corrected chi connectivity index (χ4v) is 6.06. The van der Waals surface area contributed by atoms with Crippen molar-refractivity contribution in [2.24, 2.45) is 0 Å². The minimum absolute atomic E-state index is 0.152. The Labute approximate surface area is 287 Å². The highest BCUT2D eigenvalue weighted by Crippen LogP contribution is 2.28. The standard InChI is InChI=1S/C37H44ClFN6O3/c1-24(2)44-15-13-43(14-16-44)17-18-47-33-10-9-31(22-32(33)39)41-36-40-12-11-34(42-36)45(23-29-21-30(38)8-7-26(29)4)37(46)48-35-27(5)19-25(3)20-28(35)6/h7-12,19-22,24H,13-18,23H2,1-6H3,(H,40,41,42). The van der Waals surface area contributed by atoms with E-state index >= 15 is 4.39 Å². The summed E-state index contributed by atoms with van der Waals surface area (Å²) in [7, 11) is 0. The number of rotatable bonds is 11. The Morgan fingerprint density at radius 1 is 0.979 bits per heavy atom. The van der Waals surface area contributed by atoms with Gasteiger partial charge in [-0.05, 0) is 94.1 Å². The van der Waals surface area contributed by atoms with Crippen molar-refractivity contribution in [1.29, 1.82) is 0 Å². The van der Waals surface area contributed by atoms with Crippen molar-refractivity contribution >= 4 is 35.1 Å². The number of nitrogens with zero attached hydrogens (tertiary/aromatic N) is 5. The number of carbonyl (C=O) groups excluding carboxylic acids is 1. The van der Waals surface area contributed by atoms with Crippen LogP contribution in [-0.4, -0.2) is 71.2 Å². The van der Waals surface area contributed by atoms with Gasteiger partial charge in [0, 0.05) is 61.7 Å². The Balaban J connectivity index is 1.29. The van der Waals surface area contributed by atoms with Crippen LogP contribution in [0.15, 0.2) is 60.8 Å². The molecule has 5 rings (SSSR count). The molecule has 1 amide bonds. The lowest BCUT2D eigenvalue weighted by Gasteiger charge is -2.36. The zero-order valence-electron chi connectivity index (χ0n) is 28.5. The monoisotopic (exact) mass is 674 g/mol. The lowest BCUT2D eigenvalue weighted by molar-refractivity contribution is 0.0965. The Morgan fingerprint density at radius 3 is 2.40 bits per heavy atom. The number of carbonyl (C=O) groups is 1. The van der Waals surface area contributed by atoms with Gasteiger partial charge >= 0.3 is 6.09 Å². The van der Waals surface area contributed by atoms with Crippen LogP contribution in [0.25, 0.3) is 0 Å². The molecule has 48 heavy (non-hydrogen) atoms. The Hall–Kier alpha value is -4.25. The number of nitrogens with one attached hydrogen (secondary N) is 1. The second kappa shape index (κ2) is 15.8. The first-order valence-electron chi connectivity index (χ1n) is 16.3. The number of aryl methyl sites for hydroxylation is 4. The summed E-state index contributed by atoms with van der Waals surface area (Å²) in [6.45, 7) is 17.5. The lowest BCUT2D eigenvalue weighted by Crippen LogP contribution is -2.49. The molecule has 0 saturated carbocycles. The lowest BCUT2D eigenvalue weighted by atomic mass is 10.1. The van der Waals surface area contributed by atoms with Crippen molar-refractivity contribution in [1.82, 2.24) is 19.8 Å². The summed E-state index contributed by atoms with van der Waals surface area (Å²) in [5, 5.41) is 3.61. The molecule has 2 heterocycles. The van der Waals surface area contributed by atoms with Crippen molar-refractivity contribution in [2.75, 3.05) is 49.5 Å². The summed E-state index contributed by atoms with van der Waals surface area (Å²) in [6.07, 6.45) is 0.927. The van der Waals surface area contributed by atoms with E-state index in [-0.39, 0.29) is 18.2 Å². The summed E-state index contributed by atoms with van der Waals surface area (Å²) in [4.78, 5) is 29.0. The molecule has 0 unspecified atom stereocenters. The first-order chi connectivity index (χ1) is 23.0. The Morgan fingerprint density at radius 2 is 1.71 bits per heavy atom. The minimum Gasteiger partial charge on any atom is -0.489 e. The highest BCUT2D eigenvalue weighted by atomic mass is 35.5. The van der Waals surface area contributed by atoms with Crippen molar-refractivity contribution in [3.05, 3.63) is 99.5 Å². The normalized spacial score (nSPS) is 13.9. The molecule has 0 aliphatic carbocycles. The van der Waals surface area contributed by atoms with Gasteiger partial charge in [0.15, 0.2) is 11.6 Å². The number of hydrogen-bond acceptors (Lipinski definition) is 8. The number of anilines is 3. The molecule has 3 aromatic carbocycles. The van der Waals surface area contributed by atoms with Crippen LogP contribution < -0.4 is 19.7 Å². The molecule has 0 spiro atoms. The largest absolute Gasteiger partial charge is 0.489 e. The second-order valence-corrected chi connectivity index (χ2v) is 13.0. The van der Waals surface area contributed by atoms with E-state index in [1.807, 2.05) is 52.0 Å². The van der Waals surface area contributed by atoms with Gasteiger partial charge in [-0.25, -0.2) is 14.2 Å². The highest BCUT2D eigenvalue weighted by molar-refractivity contribution is 6.30. The zero-order valence-corrected chi connectivity index (χ0v) is 29.3. The van der Waals surface area contributed by atoms with Crippen LogP contribution >= 0.6 is 11.6 Å². The molecular formula is C37H44ClFN6O3. The van der Waals surface area contributed by atoms with Crippen molar-refractivity contribution in [2.45, 2.75) is 54.1 Å². The first kappa shape index (κ1) is 35.1. The van der Waals surface area contributed by atoms with Crippen molar-refractivity contribution in [3.8, 4) is 11.5 Å². The van der Waals surface area contributed by atoms with Gasteiger partial charge < -0.3 is 14.8 Å². The van der Waals surface area contributed by atoms with E-state index in [0.29, 0.717) is 34.9 Å². The van der Waals surface area contributed by atoms with E-state index in [9.17, 15) is 4.79 Å². The van der Waals surface area contributed by atoms with E-state index in [0.717, 1.165) is 60.5 Å². The molecule has 11 heteroatoms. The van der Waals surface area contributed by atoms with Gasteiger partial charge in [0.1, 0.15) is 18.2 Å². The summed E-state index contributed by atoms with van der Waals surface area (Å²) in [5.74, 6) is 0.672. The number of hydrogen-bond donors (Lipinski definition) is 1. The molecule has 254 valence electrons. The summed E-state index contributed by atoms with van der Waals surface area (Å²) >= 11 is 6.32. The Bertz CT molecular complexity index is 1720. The molecular weight excluding hydrogens is 631 g/mol. The molecule has 1 aromatic heterocycles. The Kier molecular flexibility index (Phi) is 11.5. The number of benzene rings is 3. The van der Waals surface area contributed by atoms with Gasteiger partial charge in [0.25, 0.3) is 0 Å². The third-order valence-corrected chi connectivity index (χ3v) is 8.80. The van der Waals surface area contributed by atoms with Crippen LogP contribution in [0.4, 0.5) is 26.6 Å². The summed E-state index contributed by atoms with van der Waals surface area (Å²) in [5.41, 5.74) is 5.01. The summed E-state index contributed by atoms with van der Waals surface area (Å²) in [6, 6.07) is 16.3.